The molecule has 3 nitrogen and oxygen atoms in total. The molecule has 138 valence electrons. The van der Waals surface area contributed by atoms with Crippen LogP contribution in [0.4, 0.5) is 0 Å². The number of rotatable bonds is 2. The molecule has 0 spiro atoms. The molecule has 26 heavy (non-hydrogen) atoms. The summed E-state index contributed by atoms with van der Waals surface area (Å²) in [5, 5.41) is 10.9. The number of phenols is 1. The van der Waals surface area contributed by atoms with Gasteiger partial charge in [-0.15, -0.1) is 0 Å². The lowest BCUT2D eigenvalue weighted by Crippen LogP contribution is -2.18. The maximum absolute atomic E-state index is 10.9. The fourth-order valence-corrected chi connectivity index (χ4v) is 3.65. The molecule has 0 fully saturated rings. The molecule has 0 aliphatic heterocycles. The molecule has 3 rings (SSSR count). The molecule has 3 aromatic rings. The van der Waals surface area contributed by atoms with Crippen molar-refractivity contribution in [3.05, 3.63) is 57.9 Å². The monoisotopic (exact) mass is 368 g/mol. The van der Waals surface area contributed by atoms with E-state index in [-0.39, 0.29) is 10.8 Å². The van der Waals surface area contributed by atoms with E-state index in [2.05, 4.69) is 69.3 Å². The summed E-state index contributed by atoms with van der Waals surface area (Å²) in [6, 6.07) is 12.4. The number of para-hydroxylation sites is 2. The van der Waals surface area contributed by atoms with Crippen LogP contribution < -0.4 is 0 Å². The van der Waals surface area contributed by atoms with E-state index < -0.39 is 0 Å². The number of benzene rings is 2. The van der Waals surface area contributed by atoms with Gasteiger partial charge in [-0.05, 0) is 64.0 Å². The highest BCUT2D eigenvalue weighted by molar-refractivity contribution is 7.71. The predicted octanol–water partition coefficient (Wildman–Crippen LogP) is 6.05. The first kappa shape index (κ1) is 18.7. The van der Waals surface area contributed by atoms with Crippen molar-refractivity contribution >= 4 is 23.3 Å². The fraction of sp³-hybridized carbons (Fsp3) is 0.409. The van der Waals surface area contributed by atoms with Gasteiger partial charge in [0.05, 0.1) is 17.6 Å². The highest BCUT2D eigenvalue weighted by atomic mass is 32.1. The van der Waals surface area contributed by atoms with E-state index in [0.29, 0.717) is 17.1 Å². The molecule has 1 aromatic heterocycles. The number of aromatic hydroxyl groups is 1. The van der Waals surface area contributed by atoms with Crippen LogP contribution in [0.25, 0.3) is 11.0 Å². The van der Waals surface area contributed by atoms with E-state index in [1.54, 1.807) is 0 Å². The Bertz CT molecular complexity index is 978. The Kier molecular flexibility index (Phi) is 4.51. The summed E-state index contributed by atoms with van der Waals surface area (Å²) in [4.78, 5) is 3.28. The summed E-state index contributed by atoms with van der Waals surface area (Å²) in [5.74, 6) is 0.413. The predicted molar refractivity (Wildman–Crippen MR) is 112 cm³/mol. The third kappa shape index (κ3) is 3.43. The number of H-pyrrole nitrogens is 1. The lowest BCUT2D eigenvalue weighted by Gasteiger charge is -2.28. The zero-order chi connectivity index (χ0) is 19.3. The number of aromatic nitrogens is 2. The van der Waals surface area contributed by atoms with Crippen molar-refractivity contribution in [2.75, 3.05) is 0 Å². The molecule has 0 bridgehead atoms. The number of imidazole rings is 1. The van der Waals surface area contributed by atoms with Crippen LogP contribution in [-0.4, -0.2) is 14.7 Å². The smallest absolute Gasteiger partial charge is 0.178 e. The highest BCUT2D eigenvalue weighted by Gasteiger charge is 2.26. The quantitative estimate of drug-likeness (QED) is 0.541. The van der Waals surface area contributed by atoms with E-state index in [0.717, 1.165) is 27.7 Å². The van der Waals surface area contributed by atoms with Gasteiger partial charge in [-0.1, -0.05) is 53.7 Å². The maximum atomic E-state index is 10.9. The lowest BCUT2D eigenvalue weighted by atomic mass is 9.78. The van der Waals surface area contributed by atoms with Crippen molar-refractivity contribution in [1.82, 2.24) is 9.55 Å². The van der Waals surface area contributed by atoms with E-state index >= 15 is 0 Å². The number of aromatic amines is 1. The van der Waals surface area contributed by atoms with Crippen LogP contribution >= 0.6 is 12.2 Å². The Morgan fingerprint density at radius 2 is 1.50 bits per heavy atom. The molecule has 0 aliphatic carbocycles. The van der Waals surface area contributed by atoms with Crippen molar-refractivity contribution in [3.8, 4) is 5.75 Å². The standard InChI is InChI=1S/C22H28N2OS/c1-21(2,3)15-11-14(12-16(19(15)25)22(4,5)6)13-24-18-10-8-7-9-17(18)23-20(24)26/h7-12,25H,13H2,1-6H3,(H,23,26). The molecule has 2 N–H and O–H groups in total. The van der Waals surface area contributed by atoms with Crippen LogP contribution in [0.15, 0.2) is 36.4 Å². The molecule has 0 atom stereocenters. The molecule has 0 aliphatic rings. The van der Waals surface area contributed by atoms with Crippen LogP contribution in [-0.2, 0) is 17.4 Å². The van der Waals surface area contributed by atoms with Gasteiger partial charge in [-0.3, -0.25) is 0 Å². The van der Waals surface area contributed by atoms with Gasteiger partial charge in [0.15, 0.2) is 4.77 Å². The molecular weight excluding hydrogens is 340 g/mol. The van der Waals surface area contributed by atoms with Gasteiger partial charge in [0.1, 0.15) is 5.75 Å². The third-order valence-corrected chi connectivity index (χ3v) is 5.13. The topological polar surface area (TPSA) is 41.0 Å². The Balaban J connectivity index is 2.19. The summed E-state index contributed by atoms with van der Waals surface area (Å²) in [6.07, 6.45) is 0. The SMILES string of the molecule is CC(C)(C)c1cc(Cn2c(=S)[nH]c3ccccc32)cc(C(C)(C)C)c1O. The maximum Gasteiger partial charge on any atom is 0.178 e. The number of hydrogen-bond acceptors (Lipinski definition) is 2. The highest BCUT2D eigenvalue weighted by Crippen LogP contribution is 2.40. The molecule has 0 amide bonds. The largest absolute Gasteiger partial charge is 0.507 e. The molecule has 0 saturated heterocycles. The first-order valence-electron chi connectivity index (χ1n) is 9.03. The summed E-state index contributed by atoms with van der Waals surface area (Å²) in [6.45, 7) is 13.5. The number of nitrogens with zero attached hydrogens (tertiary/aromatic N) is 1. The van der Waals surface area contributed by atoms with Crippen LogP contribution in [0, 0.1) is 4.77 Å². The second-order valence-electron chi connectivity index (χ2n) is 9.07. The normalized spacial score (nSPS) is 12.7. The van der Waals surface area contributed by atoms with Crippen molar-refractivity contribution in [2.24, 2.45) is 0 Å². The Labute approximate surface area is 160 Å². The minimum atomic E-state index is -0.137. The second kappa shape index (κ2) is 6.27. The van der Waals surface area contributed by atoms with Gasteiger partial charge in [0, 0.05) is 0 Å². The van der Waals surface area contributed by atoms with Crippen molar-refractivity contribution in [1.29, 1.82) is 0 Å². The van der Waals surface area contributed by atoms with Gasteiger partial charge in [-0.25, -0.2) is 0 Å². The van der Waals surface area contributed by atoms with E-state index in [4.69, 9.17) is 12.2 Å². The van der Waals surface area contributed by atoms with E-state index in [1.807, 2.05) is 18.2 Å². The lowest BCUT2D eigenvalue weighted by molar-refractivity contribution is 0.422. The zero-order valence-corrected chi connectivity index (χ0v) is 17.3. The fourth-order valence-electron chi connectivity index (χ4n) is 3.38. The minimum absolute atomic E-state index is 0.137. The Morgan fingerprint density at radius 1 is 0.962 bits per heavy atom. The zero-order valence-electron chi connectivity index (χ0n) is 16.5. The molecule has 0 saturated carbocycles. The van der Waals surface area contributed by atoms with Gasteiger partial charge >= 0.3 is 0 Å². The van der Waals surface area contributed by atoms with E-state index in [1.165, 1.54) is 0 Å². The van der Waals surface area contributed by atoms with E-state index in [9.17, 15) is 5.11 Å². The molecule has 4 heteroatoms. The molecule has 1 heterocycles. The average molecular weight is 369 g/mol. The summed E-state index contributed by atoms with van der Waals surface area (Å²) >= 11 is 5.55. The first-order chi connectivity index (χ1) is 12.0. The van der Waals surface area contributed by atoms with Crippen LogP contribution in [0.1, 0.15) is 58.2 Å². The number of hydrogen-bond donors (Lipinski definition) is 2. The number of phenolic OH excluding ortho intramolecular Hbond substituents is 1. The summed E-state index contributed by atoms with van der Waals surface area (Å²) in [5.41, 5.74) is 4.98. The van der Waals surface area contributed by atoms with Crippen molar-refractivity contribution < 1.29 is 5.11 Å². The molecule has 2 aromatic carbocycles. The van der Waals surface area contributed by atoms with Crippen molar-refractivity contribution in [3.63, 3.8) is 0 Å². The summed E-state index contributed by atoms with van der Waals surface area (Å²) < 4.78 is 2.84. The Hall–Kier alpha value is -2.07. The van der Waals surface area contributed by atoms with Crippen LogP contribution in [0.5, 0.6) is 5.75 Å². The van der Waals surface area contributed by atoms with Crippen LogP contribution in [0.2, 0.25) is 0 Å². The summed E-state index contributed by atoms with van der Waals surface area (Å²) in [7, 11) is 0. The number of nitrogens with one attached hydrogen (secondary N) is 1. The van der Waals surface area contributed by atoms with Gasteiger partial charge in [0.2, 0.25) is 0 Å². The average Bonchev–Trinajstić information content (AvgIpc) is 2.82. The van der Waals surface area contributed by atoms with Gasteiger partial charge in [-0.2, -0.15) is 0 Å². The van der Waals surface area contributed by atoms with Crippen LogP contribution in [0.3, 0.4) is 0 Å². The second-order valence-corrected chi connectivity index (χ2v) is 9.46. The Morgan fingerprint density at radius 3 is 2.04 bits per heavy atom. The van der Waals surface area contributed by atoms with Gasteiger partial charge < -0.3 is 14.7 Å². The molecular formula is C22H28N2OS. The molecule has 0 unspecified atom stereocenters. The minimum Gasteiger partial charge on any atom is -0.507 e. The number of fused-ring (bicyclic) bond motifs is 1. The third-order valence-electron chi connectivity index (χ3n) is 4.81. The molecule has 0 radical (unpaired) electrons. The van der Waals surface area contributed by atoms with Gasteiger partial charge in [0.25, 0.3) is 0 Å². The van der Waals surface area contributed by atoms with Crippen molar-refractivity contribution in [2.45, 2.75) is 58.9 Å². The first-order valence-corrected chi connectivity index (χ1v) is 9.44.